The van der Waals surface area contributed by atoms with Gasteiger partial charge in [-0.15, -0.1) is 0 Å². The highest BCUT2D eigenvalue weighted by Gasteiger charge is 2.28. The molecule has 0 fully saturated rings. The number of amides is 4. The number of nitrogens with one attached hydrogen (secondary N) is 4. The third-order valence-corrected chi connectivity index (χ3v) is 4.75. The highest BCUT2D eigenvalue weighted by molar-refractivity contribution is 5.94. The number of aliphatic hydroxyl groups excluding tert-OH is 1. The highest BCUT2D eigenvalue weighted by atomic mass is 16.5. The summed E-state index contributed by atoms with van der Waals surface area (Å²) in [5, 5.41) is 21.5. The number of aliphatic hydroxyl groups is 1. The number of primary amides is 1. The molecule has 33 heavy (non-hydrogen) atoms. The number of nitrogens with two attached hydrogens (primary N) is 1. The molecule has 3 unspecified atom stereocenters. The number of carbonyl (C=O) groups excluding carboxylic acids is 4. The number of urea groups is 1. The zero-order valence-electron chi connectivity index (χ0n) is 19.5. The van der Waals surface area contributed by atoms with Crippen molar-refractivity contribution in [2.24, 2.45) is 11.7 Å². The van der Waals surface area contributed by atoms with Crippen LogP contribution < -0.4 is 27.0 Å². The van der Waals surface area contributed by atoms with E-state index < -0.39 is 30.2 Å². The molecular formula is C22H35N5O6. The maximum Gasteiger partial charge on any atom is 0.312 e. The van der Waals surface area contributed by atoms with E-state index in [4.69, 9.17) is 10.5 Å². The summed E-state index contributed by atoms with van der Waals surface area (Å²) in [6.07, 6.45) is -0.465. The lowest BCUT2D eigenvalue weighted by molar-refractivity contribution is -0.142. The lowest BCUT2D eigenvalue weighted by Crippen LogP contribution is -2.57. The van der Waals surface area contributed by atoms with Crippen LogP contribution in [0.1, 0.15) is 46.1 Å². The van der Waals surface area contributed by atoms with Crippen molar-refractivity contribution in [2.45, 2.75) is 65.5 Å². The molecule has 0 aliphatic rings. The fraction of sp³-hybridized carbons (Fsp3) is 0.545. The SMILES string of the molecule is CC(=O)NC(C(C)C)C(O)NC(CCCNC(N)=O)C(=O)Nc1ccc(COC(C)=O)cc1. The number of rotatable bonds is 13. The number of esters is 1. The average Bonchev–Trinajstić information content (AvgIpc) is 2.72. The smallest absolute Gasteiger partial charge is 0.312 e. The van der Waals surface area contributed by atoms with E-state index in [1.807, 2.05) is 13.8 Å². The van der Waals surface area contributed by atoms with Gasteiger partial charge in [0.1, 0.15) is 12.8 Å². The third-order valence-electron chi connectivity index (χ3n) is 4.75. The number of benzene rings is 1. The second-order valence-electron chi connectivity index (χ2n) is 8.03. The number of ether oxygens (including phenoxy) is 1. The van der Waals surface area contributed by atoms with Crippen LogP contribution in [0.3, 0.4) is 0 Å². The van der Waals surface area contributed by atoms with Crippen LogP contribution in [0.2, 0.25) is 0 Å². The monoisotopic (exact) mass is 465 g/mol. The van der Waals surface area contributed by atoms with Crippen molar-refractivity contribution in [1.82, 2.24) is 16.0 Å². The van der Waals surface area contributed by atoms with Crippen molar-refractivity contribution in [2.75, 3.05) is 11.9 Å². The molecule has 1 rings (SSSR count). The summed E-state index contributed by atoms with van der Waals surface area (Å²) in [5.41, 5.74) is 6.35. The van der Waals surface area contributed by atoms with Gasteiger partial charge in [-0.2, -0.15) is 0 Å². The van der Waals surface area contributed by atoms with Gasteiger partial charge in [-0.1, -0.05) is 26.0 Å². The predicted octanol–water partition coefficient (Wildman–Crippen LogP) is 0.574. The number of anilines is 1. The molecule has 0 aliphatic heterocycles. The zero-order valence-corrected chi connectivity index (χ0v) is 19.5. The van der Waals surface area contributed by atoms with Crippen LogP contribution in [0.25, 0.3) is 0 Å². The summed E-state index contributed by atoms with van der Waals surface area (Å²) >= 11 is 0. The Balaban J connectivity index is 2.86. The van der Waals surface area contributed by atoms with Gasteiger partial charge in [0.25, 0.3) is 0 Å². The van der Waals surface area contributed by atoms with E-state index in [1.165, 1.54) is 13.8 Å². The van der Waals surface area contributed by atoms with Crippen molar-refractivity contribution >= 4 is 29.5 Å². The van der Waals surface area contributed by atoms with Gasteiger partial charge in [-0.3, -0.25) is 19.7 Å². The highest BCUT2D eigenvalue weighted by Crippen LogP contribution is 2.13. The first kappa shape index (κ1) is 27.9. The number of hydrogen-bond acceptors (Lipinski definition) is 7. The van der Waals surface area contributed by atoms with E-state index in [0.717, 1.165) is 5.56 Å². The van der Waals surface area contributed by atoms with Crippen LogP contribution in [0.5, 0.6) is 0 Å². The first-order chi connectivity index (χ1) is 15.5. The van der Waals surface area contributed by atoms with E-state index in [9.17, 15) is 24.3 Å². The van der Waals surface area contributed by atoms with Crippen molar-refractivity contribution in [3.63, 3.8) is 0 Å². The molecule has 0 saturated carbocycles. The average molecular weight is 466 g/mol. The molecule has 11 heteroatoms. The predicted molar refractivity (Wildman–Crippen MR) is 123 cm³/mol. The van der Waals surface area contributed by atoms with Gasteiger partial charge in [0.15, 0.2) is 0 Å². The zero-order chi connectivity index (χ0) is 25.0. The van der Waals surface area contributed by atoms with Crippen LogP contribution in [-0.2, 0) is 25.7 Å². The molecule has 1 aromatic rings. The third kappa shape index (κ3) is 11.3. The lowest BCUT2D eigenvalue weighted by atomic mass is 10.0. The Morgan fingerprint density at radius 3 is 2.24 bits per heavy atom. The maximum atomic E-state index is 12.9. The molecule has 7 N–H and O–H groups in total. The lowest BCUT2D eigenvalue weighted by Gasteiger charge is -2.30. The van der Waals surface area contributed by atoms with Gasteiger partial charge in [0.05, 0.1) is 12.1 Å². The summed E-state index contributed by atoms with van der Waals surface area (Å²) in [7, 11) is 0. The first-order valence-electron chi connectivity index (χ1n) is 10.8. The Morgan fingerprint density at radius 1 is 1.09 bits per heavy atom. The van der Waals surface area contributed by atoms with E-state index >= 15 is 0 Å². The molecule has 0 aliphatic carbocycles. The van der Waals surface area contributed by atoms with Crippen LogP contribution >= 0.6 is 0 Å². The molecule has 11 nitrogen and oxygen atoms in total. The van der Waals surface area contributed by atoms with Crippen LogP contribution in [0.4, 0.5) is 10.5 Å². The van der Waals surface area contributed by atoms with Crippen molar-refractivity contribution in [3.8, 4) is 0 Å². The normalized spacial score (nSPS) is 13.5. The number of hydrogen-bond donors (Lipinski definition) is 6. The summed E-state index contributed by atoms with van der Waals surface area (Å²) in [6, 6.07) is 4.70. The van der Waals surface area contributed by atoms with Crippen molar-refractivity contribution in [1.29, 1.82) is 0 Å². The molecule has 184 valence electrons. The van der Waals surface area contributed by atoms with E-state index in [1.54, 1.807) is 24.3 Å². The summed E-state index contributed by atoms with van der Waals surface area (Å²) < 4.78 is 4.94. The minimum atomic E-state index is -1.18. The Kier molecular flexibility index (Phi) is 11.9. The van der Waals surface area contributed by atoms with Crippen LogP contribution in [-0.4, -0.2) is 53.8 Å². The van der Waals surface area contributed by atoms with Crippen molar-refractivity contribution in [3.05, 3.63) is 29.8 Å². The number of carbonyl (C=O) groups is 4. The molecule has 0 bridgehead atoms. The van der Waals surface area contributed by atoms with E-state index in [2.05, 4.69) is 21.3 Å². The Labute approximate surface area is 193 Å². The molecular weight excluding hydrogens is 430 g/mol. The van der Waals surface area contributed by atoms with Gasteiger partial charge in [0.2, 0.25) is 11.8 Å². The molecule has 4 amide bonds. The van der Waals surface area contributed by atoms with Gasteiger partial charge in [-0.05, 0) is 36.5 Å². The Bertz CT molecular complexity index is 799. The summed E-state index contributed by atoms with van der Waals surface area (Å²) in [5.74, 6) is -1.17. The minimum absolute atomic E-state index is 0.0959. The van der Waals surface area contributed by atoms with E-state index in [0.29, 0.717) is 18.5 Å². The molecule has 0 heterocycles. The van der Waals surface area contributed by atoms with Gasteiger partial charge in [0, 0.05) is 26.1 Å². The quantitative estimate of drug-likeness (QED) is 0.140. The van der Waals surface area contributed by atoms with Gasteiger partial charge < -0.3 is 31.5 Å². The van der Waals surface area contributed by atoms with Crippen molar-refractivity contribution < 1.29 is 29.0 Å². The second-order valence-corrected chi connectivity index (χ2v) is 8.03. The fourth-order valence-corrected chi connectivity index (χ4v) is 3.06. The van der Waals surface area contributed by atoms with Gasteiger partial charge in [-0.25, -0.2) is 4.79 Å². The standard InChI is InChI=1S/C22H35N5O6/c1-13(2)19(25-14(3)28)21(31)27-18(6-5-11-24-22(23)32)20(30)26-17-9-7-16(8-10-17)12-33-15(4)29/h7-10,13,18-19,21,27,31H,5-6,11-12H2,1-4H3,(H,25,28)(H,26,30)(H3,23,24,32). The first-order valence-corrected chi connectivity index (χ1v) is 10.8. The molecule has 3 atom stereocenters. The molecule has 0 spiro atoms. The van der Waals surface area contributed by atoms with Crippen LogP contribution in [0.15, 0.2) is 24.3 Å². The topological polar surface area (TPSA) is 172 Å². The molecule has 1 aromatic carbocycles. The minimum Gasteiger partial charge on any atom is -0.461 e. The Morgan fingerprint density at radius 2 is 1.73 bits per heavy atom. The van der Waals surface area contributed by atoms with Crippen LogP contribution in [0, 0.1) is 5.92 Å². The molecule has 0 aromatic heterocycles. The fourth-order valence-electron chi connectivity index (χ4n) is 3.06. The summed E-state index contributed by atoms with van der Waals surface area (Å²) in [4.78, 5) is 46.2. The largest absolute Gasteiger partial charge is 0.461 e. The summed E-state index contributed by atoms with van der Waals surface area (Å²) in [6.45, 7) is 6.76. The maximum absolute atomic E-state index is 12.9. The molecule has 0 saturated heterocycles. The van der Waals surface area contributed by atoms with Gasteiger partial charge >= 0.3 is 12.0 Å². The van der Waals surface area contributed by atoms with E-state index in [-0.39, 0.29) is 30.9 Å². The second kappa shape index (κ2) is 14.1. The molecule has 0 radical (unpaired) electrons. The Hall–Kier alpha value is -3.18.